The Hall–Kier alpha value is -1.35. The summed E-state index contributed by atoms with van der Waals surface area (Å²) in [6, 6.07) is 0. The average Bonchev–Trinajstić information content (AvgIpc) is 2.16. The van der Waals surface area contributed by atoms with Crippen LogP contribution in [0.2, 0.25) is 0 Å². The number of esters is 1. The van der Waals surface area contributed by atoms with E-state index < -0.39 is 12.1 Å². The van der Waals surface area contributed by atoms with Gasteiger partial charge in [-0.05, 0) is 11.6 Å². The molecule has 0 aromatic rings. The third-order valence-corrected chi connectivity index (χ3v) is 1.95. The van der Waals surface area contributed by atoms with Crippen molar-refractivity contribution in [3.63, 3.8) is 0 Å². The molecule has 0 spiro atoms. The fraction of sp³-hybridized carbons (Fsp3) is 0.300. The molecule has 3 heteroatoms. The number of aliphatic hydroxyl groups excluding tert-OH is 1. The Kier molecular flexibility index (Phi) is 3.03. The van der Waals surface area contributed by atoms with Gasteiger partial charge in [0.1, 0.15) is 0 Å². The molecule has 1 unspecified atom stereocenters. The second-order valence-corrected chi connectivity index (χ2v) is 2.78. The molecule has 0 aliphatic heterocycles. The van der Waals surface area contributed by atoms with Gasteiger partial charge < -0.3 is 9.84 Å². The lowest BCUT2D eigenvalue weighted by atomic mass is 9.96. The Balaban J connectivity index is 2.87. The van der Waals surface area contributed by atoms with Gasteiger partial charge in [0.05, 0.1) is 18.8 Å². The van der Waals surface area contributed by atoms with E-state index >= 15 is 0 Å². The maximum atomic E-state index is 11.1. The van der Waals surface area contributed by atoms with Crippen molar-refractivity contribution in [2.24, 2.45) is 0 Å². The highest BCUT2D eigenvalue weighted by Crippen LogP contribution is 2.20. The highest BCUT2D eigenvalue weighted by molar-refractivity contribution is 5.90. The normalized spacial score (nSPS) is 21.5. The molecule has 0 saturated heterocycles. The smallest absolute Gasteiger partial charge is 0.336 e. The first-order valence-corrected chi connectivity index (χ1v) is 3.98. The van der Waals surface area contributed by atoms with E-state index in [-0.39, 0.29) is 0 Å². The molecule has 1 N–H and O–H groups in total. The first-order chi connectivity index (χ1) is 6.19. The number of hydrogen-bond acceptors (Lipinski definition) is 3. The second-order valence-electron chi connectivity index (χ2n) is 2.78. The van der Waals surface area contributed by atoms with Crippen LogP contribution in [0, 0.1) is 0 Å². The molecule has 0 bridgehead atoms. The molecule has 0 saturated carbocycles. The van der Waals surface area contributed by atoms with Crippen molar-refractivity contribution in [3.8, 4) is 0 Å². The summed E-state index contributed by atoms with van der Waals surface area (Å²) in [5, 5.41) is 9.51. The summed E-state index contributed by atoms with van der Waals surface area (Å²) < 4.78 is 4.51. The minimum absolute atomic E-state index is 0.299. The molecule has 0 aromatic heterocycles. The maximum Gasteiger partial charge on any atom is 0.336 e. The number of ether oxygens (including phenoxy) is 1. The molecule has 13 heavy (non-hydrogen) atoms. The average molecular weight is 180 g/mol. The van der Waals surface area contributed by atoms with Gasteiger partial charge in [0.15, 0.2) is 0 Å². The van der Waals surface area contributed by atoms with Gasteiger partial charge in [0.25, 0.3) is 0 Å². The zero-order valence-electron chi connectivity index (χ0n) is 7.49. The molecule has 1 aliphatic rings. The zero-order valence-corrected chi connectivity index (χ0v) is 7.49. The summed E-state index contributed by atoms with van der Waals surface area (Å²) in [5.74, 6) is -0.480. The summed E-state index contributed by atoms with van der Waals surface area (Å²) in [4.78, 5) is 11.1. The Morgan fingerprint density at radius 3 is 2.92 bits per heavy atom. The van der Waals surface area contributed by atoms with Gasteiger partial charge >= 0.3 is 5.97 Å². The van der Waals surface area contributed by atoms with E-state index in [1.165, 1.54) is 7.11 Å². The standard InChI is InChI=1S/C10H12O3/c1-3-7-4-5-8(9(11)6-7)10(12)13-2/h3-5,9,11H,1,6H2,2H3. The number of rotatable bonds is 2. The topological polar surface area (TPSA) is 46.5 Å². The molecular formula is C10H12O3. The van der Waals surface area contributed by atoms with Crippen molar-refractivity contribution in [1.29, 1.82) is 0 Å². The summed E-state index contributed by atoms with van der Waals surface area (Å²) >= 11 is 0. The number of aliphatic hydroxyl groups is 1. The summed E-state index contributed by atoms with van der Waals surface area (Å²) in [5.41, 5.74) is 1.22. The predicted molar refractivity (Wildman–Crippen MR) is 49.0 cm³/mol. The van der Waals surface area contributed by atoms with Crippen molar-refractivity contribution < 1.29 is 14.6 Å². The van der Waals surface area contributed by atoms with Gasteiger partial charge in [0, 0.05) is 6.42 Å². The van der Waals surface area contributed by atoms with E-state index in [0.29, 0.717) is 12.0 Å². The fourth-order valence-electron chi connectivity index (χ4n) is 1.18. The molecule has 1 atom stereocenters. The lowest BCUT2D eigenvalue weighted by Crippen LogP contribution is -2.21. The minimum Gasteiger partial charge on any atom is -0.466 e. The predicted octanol–water partition coefficient (Wildman–Crippen LogP) is 0.963. The molecule has 3 nitrogen and oxygen atoms in total. The Bertz CT molecular complexity index is 287. The maximum absolute atomic E-state index is 11.1. The van der Waals surface area contributed by atoms with Gasteiger partial charge in [0.2, 0.25) is 0 Å². The Morgan fingerprint density at radius 2 is 2.46 bits per heavy atom. The monoisotopic (exact) mass is 180 g/mol. The van der Waals surface area contributed by atoms with Crippen LogP contribution >= 0.6 is 0 Å². The van der Waals surface area contributed by atoms with Crippen LogP contribution in [0.4, 0.5) is 0 Å². The van der Waals surface area contributed by atoms with Crippen molar-refractivity contribution in [2.45, 2.75) is 12.5 Å². The van der Waals surface area contributed by atoms with Crippen LogP contribution in [-0.4, -0.2) is 24.3 Å². The molecule has 0 radical (unpaired) electrons. The first-order valence-electron chi connectivity index (χ1n) is 3.98. The van der Waals surface area contributed by atoms with Crippen LogP contribution < -0.4 is 0 Å². The van der Waals surface area contributed by atoms with Crippen LogP contribution in [0.15, 0.2) is 36.0 Å². The Labute approximate surface area is 77.0 Å². The largest absolute Gasteiger partial charge is 0.466 e. The van der Waals surface area contributed by atoms with E-state index in [9.17, 15) is 9.90 Å². The highest BCUT2D eigenvalue weighted by Gasteiger charge is 2.21. The van der Waals surface area contributed by atoms with Crippen molar-refractivity contribution >= 4 is 5.97 Å². The van der Waals surface area contributed by atoms with Crippen LogP contribution in [0.1, 0.15) is 6.42 Å². The van der Waals surface area contributed by atoms with E-state index in [2.05, 4.69) is 11.3 Å². The van der Waals surface area contributed by atoms with Gasteiger partial charge in [-0.2, -0.15) is 0 Å². The Morgan fingerprint density at radius 1 is 1.77 bits per heavy atom. The number of carbonyl (C=O) groups is 1. The molecule has 0 fully saturated rings. The molecule has 0 amide bonds. The van der Waals surface area contributed by atoms with Gasteiger partial charge in [-0.25, -0.2) is 4.79 Å². The van der Waals surface area contributed by atoms with Crippen LogP contribution in [0.25, 0.3) is 0 Å². The van der Waals surface area contributed by atoms with Crippen LogP contribution in [0.3, 0.4) is 0 Å². The second kappa shape index (κ2) is 4.05. The van der Waals surface area contributed by atoms with Gasteiger partial charge in [-0.1, -0.05) is 18.7 Å². The lowest BCUT2D eigenvalue weighted by Gasteiger charge is -2.16. The molecule has 1 aliphatic carbocycles. The van der Waals surface area contributed by atoms with Gasteiger partial charge in [-0.15, -0.1) is 0 Å². The summed E-state index contributed by atoms with van der Waals surface area (Å²) in [6.07, 6.45) is 4.63. The highest BCUT2D eigenvalue weighted by atomic mass is 16.5. The van der Waals surface area contributed by atoms with Crippen molar-refractivity contribution in [2.75, 3.05) is 7.11 Å². The molecule has 1 rings (SSSR count). The number of allylic oxidation sites excluding steroid dienone is 3. The fourth-order valence-corrected chi connectivity index (χ4v) is 1.18. The SMILES string of the molecule is C=CC1=CC=C(C(=O)OC)C(O)C1. The van der Waals surface area contributed by atoms with Crippen LogP contribution in [0.5, 0.6) is 0 Å². The van der Waals surface area contributed by atoms with E-state index in [1.54, 1.807) is 18.2 Å². The summed E-state index contributed by atoms with van der Waals surface area (Å²) in [6.45, 7) is 3.58. The number of carbonyl (C=O) groups excluding carboxylic acids is 1. The van der Waals surface area contributed by atoms with Crippen LogP contribution in [-0.2, 0) is 9.53 Å². The number of methoxy groups -OCH3 is 1. The number of hydrogen-bond donors (Lipinski definition) is 1. The lowest BCUT2D eigenvalue weighted by molar-refractivity contribution is -0.137. The van der Waals surface area contributed by atoms with E-state index in [0.717, 1.165) is 5.57 Å². The third-order valence-electron chi connectivity index (χ3n) is 1.95. The summed E-state index contributed by atoms with van der Waals surface area (Å²) in [7, 11) is 1.29. The minimum atomic E-state index is -0.773. The van der Waals surface area contributed by atoms with E-state index in [1.807, 2.05) is 0 Å². The quantitative estimate of drug-likeness (QED) is 0.644. The van der Waals surface area contributed by atoms with Crippen molar-refractivity contribution in [1.82, 2.24) is 0 Å². The molecule has 0 aromatic carbocycles. The molecule has 0 heterocycles. The van der Waals surface area contributed by atoms with Gasteiger partial charge in [-0.3, -0.25) is 0 Å². The molecule has 70 valence electrons. The van der Waals surface area contributed by atoms with E-state index in [4.69, 9.17) is 0 Å². The first kappa shape index (κ1) is 9.74. The van der Waals surface area contributed by atoms with Crippen molar-refractivity contribution in [3.05, 3.63) is 36.0 Å². The third kappa shape index (κ3) is 2.06. The molecular weight excluding hydrogens is 168 g/mol. The zero-order chi connectivity index (χ0) is 9.84.